The fourth-order valence-corrected chi connectivity index (χ4v) is 1.38. The van der Waals surface area contributed by atoms with Crippen LogP contribution in [-0.2, 0) is 14.3 Å². The van der Waals surface area contributed by atoms with Crippen LogP contribution in [0.25, 0.3) is 0 Å². The van der Waals surface area contributed by atoms with E-state index in [4.69, 9.17) is 0 Å². The SMILES string of the molecule is CN(C)CCCNC(=O)C(F)(OC(F)(F)C(F)(F)OC(F)(F)F)C(F)(F)F. The molecule has 0 bridgehead atoms. The van der Waals surface area contributed by atoms with Crippen LogP contribution in [-0.4, -0.2) is 68.6 Å². The van der Waals surface area contributed by atoms with Crippen molar-refractivity contribution in [2.75, 3.05) is 27.2 Å². The second-order valence-corrected chi connectivity index (χ2v) is 5.19. The van der Waals surface area contributed by atoms with E-state index in [1.165, 1.54) is 24.3 Å². The molecule has 0 rings (SSSR count). The summed E-state index contributed by atoms with van der Waals surface area (Å²) in [7, 11) is 3.01. The van der Waals surface area contributed by atoms with Crippen LogP contribution >= 0.6 is 0 Å². The highest BCUT2D eigenvalue weighted by Crippen LogP contribution is 2.47. The van der Waals surface area contributed by atoms with E-state index in [0.29, 0.717) is 0 Å². The number of nitrogens with zero attached hydrogens (tertiary/aromatic N) is 1. The Balaban J connectivity index is 5.48. The van der Waals surface area contributed by atoms with Crippen LogP contribution in [0.3, 0.4) is 0 Å². The average molecular weight is 430 g/mol. The van der Waals surface area contributed by atoms with Gasteiger partial charge in [0.05, 0.1) is 0 Å². The van der Waals surface area contributed by atoms with Crippen molar-refractivity contribution in [3.63, 3.8) is 0 Å². The number of carbonyl (C=O) groups excluding carboxylic acids is 1. The van der Waals surface area contributed by atoms with Crippen LogP contribution in [0.1, 0.15) is 6.42 Å². The fourth-order valence-electron chi connectivity index (χ4n) is 1.38. The molecule has 0 aromatic rings. The van der Waals surface area contributed by atoms with Crippen molar-refractivity contribution in [1.82, 2.24) is 10.2 Å². The van der Waals surface area contributed by atoms with Gasteiger partial charge in [0.2, 0.25) is 0 Å². The molecule has 27 heavy (non-hydrogen) atoms. The molecule has 5 nitrogen and oxygen atoms in total. The Hall–Kier alpha value is -1.42. The number of rotatable bonds is 9. The minimum atomic E-state index is -6.83. The Kier molecular flexibility index (Phi) is 7.86. The van der Waals surface area contributed by atoms with Gasteiger partial charge in [-0.05, 0) is 27.1 Å². The summed E-state index contributed by atoms with van der Waals surface area (Å²) in [4.78, 5) is 12.7. The van der Waals surface area contributed by atoms with E-state index < -0.39 is 43.1 Å². The zero-order chi connectivity index (χ0) is 21.9. The first-order chi connectivity index (χ1) is 11.8. The van der Waals surface area contributed by atoms with Crippen molar-refractivity contribution in [3.05, 3.63) is 0 Å². The molecule has 1 atom stereocenters. The minimum Gasteiger partial charge on any atom is -0.351 e. The number of amides is 1. The van der Waals surface area contributed by atoms with Gasteiger partial charge in [0.15, 0.2) is 0 Å². The molecule has 0 aromatic heterocycles. The molecule has 162 valence electrons. The summed E-state index contributed by atoms with van der Waals surface area (Å²) < 4.78 is 142. The van der Waals surface area contributed by atoms with Gasteiger partial charge in [-0.3, -0.25) is 9.53 Å². The second-order valence-electron chi connectivity index (χ2n) is 5.19. The van der Waals surface area contributed by atoms with Gasteiger partial charge in [0.1, 0.15) is 0 Å². The van der Waals surface area contributed by atoms with Crippen LogP contribution in [0.4, 0.5) is 48.3 Å². The summed E-state index contributed by atoms with van der Waals surface area (Å²) >= 11 is 0. The van der Waals surface area contributed by atoms with Gasteiger partial charge >= 0.3 is 30.6 Å². The van der Waals surface area contributed by atoms with E-state index >= 15 is 0 Å². The normalized spacial score (nSPS) is 16.4. The van der Waals surface area contributed by atoms with Crippen LogP contribution < -0.4 is 5.32 Å². The summed E-state index contributed by atoms with van der Waals surface area (Å²) in [6, 6.07) is 0. The molecule has 0 aliphatic rings. The van der Waals surface area contributed by atoms with Gasteiger partial charge in [-0.2, -0.15) is 35.1 Å². The molecule has 0 heterocycles. The maximum Gasteiger partial charge on any atom is 0.527 e. The molecule has 16 heteroatoms. The monoisotopic (exact) mass is 430 g/mol. The lowest BCUT2D eigenvalue weighted by atomic mass is 10.2. The van der Waals surface area contributed by atoms with Crippen molar-refractivity contribution >= 4 is 5.91 Å². The molecular weight excluding hydrogens is 417 g/mol. The van der Waals surface area contributed by atoms with Crippen LogP contribution in [0.2, 0.25) is 0 Å². The van der Waals surface area contributed by atoms with Crippen molar-refractivity contribution in [1.29, 1.82) is 0 Å². The third-order valence-electron chi connectivity index (χ3n) is 2.58. The van der Waals surface area contributed by atoms with E-state index in [2.05, 4.69) is 4.74 Å². The summed E-state index contributed by atoms with van der Waals surface area (Å²) in [5.41, 5.74) is 0. The minimum absolute atomic E-state index is 0.115. The number of carbonyl (C=O) groups is 1. The largest absolute Gasteiger partial charge is 0.527 e. The topological polar surface area (TPSA) is 50.8 Å². The molecule has 1 amide bonds. The number of nitrogens with one attached hydrogen (secondary N) is 1. The van der Waals surface area contributed by atoms with Crippen LogP contribution in [0.5, 0.6) is 0 Å². The maximum atomic E-state index is 13.8. The van der Waals surface area contributed by atoms with Crippen molar-refractivity contribution in [2.45, 2.75) is 37.0 Å². The molecule has 0 aromatic carbocycles. The first-order valence-electron chi connectivity index (χ1n) is 6.66. The lowest BCUT2D eigenvalue weighted by Crippen LogP contribution is -2.62. The van der Waals surface area contributed by atoms with Gasteiger partial charge < -0.3 is 10.2 Å². The first-order valence-corrected chi connectivity index (χ1v) is 6.66. The van der Waals surface area contributed by atoms with E-state index in [1.807, 2.05) is 0 Å². The molecule has 1 N–H and O–H groups in total. The standard InChI is InChI=1S/C11H13F11N2O3/c1-24(2)5-3-4-23-6(25)7(12,8(13,14)15)26-9(16,17)10(18,19)27-11(20,21)22/h3-5H2,1-2H3,(H,23,25). The summed E-state index contributed by atoms with van der Waals surface area (Å²) in [5, 5.41) is 1.18. The molecule has 0 saturated carbocycles. The molecule has 1 unspecified atom stereocenters. The van der Waals surface area contributed by atoms with Gasteiger partial charge in [-0.1, -0.05) is 0 Å². The second kappa shape index (κ2) is 8.30. The third-order valence-corrected chi connectivity index (χ3v) is 2.58. The Bertz CT molecular complexity index is 507. The lowest BCUT2D eigenvalue weighted by molar-refractivity contribution is -0.527. The van der Waals surface area contributed by atoms with Crippen LogP contribution in [0.15, 0.2) is 0 Å². The molecule has 0 radical (unpaired) electrons. The Morgan fingerprint density at radius 1 is 0.852 bits per heavy atom. The van der Waals surface area contributed by atoms with Crippen molar-refractivity contribution < 1.29 is 62.6 Å². The molecular formula is C11H13F11N2O3. The molecule has 0 fully saturated rings. The predicted octanol–water partition coefficient (Wildman–Crippen LogP) is 3.02. The van der Waals surface area contributed by atoms with Gasteiger partial charge in [0, 0.05) is 6.54 Å². The van der Waals surface area contributed by atoms with E-state index in [0.717, 1.165) is 0 Å². The van der Waals surface area contributed by atoms with Gasteiger partial charge in [-0.15, -0.1) is 13.2 Å². The van der Waals surface area contributed by atoms with Crippen LogP contribution in [0, 0.1) is 0 Å². The first kappa shape index (κ1) is 25.6. The molecule has 0 aliphatic carbocycles. The number of hydrogen-bond donors (Lipinski definition) is 1. The summed E-state index contributed by atoms with van der Waals surface area (Å²) in [6.07, 6.45) is -26.8. The lowest BCUT2D eigenvalue weighted by Gasteiger charge is -2.33. The Labute approximate surface area is 144 Å². The molecule has 0 spiro atoms. The highest BCUT2D eigenvalue weighted by Gasteiger charge is 2.74. The quantitative estimate of drug-likeness (QED) is 0.452. The Morgan fingerprint density at radius 3 is 1.67 bits per heavy atom. The molecule has 0 aliphatic heterocycles. The van der Waals surface area contributed by atoms with E-state index in [-0.39, 0.29) is 13.0 Å². The van der Waals surface area contributed by atoms with Crippen molar-refractivity contribution in [3.8, 4) is 0 Å². The maximum absolute atomic E-state index is 13.8. The summed E-state index contributed by atoms with van der Waals surface area (Å²) in [5.74, 6) is -9.05. The smallest absolute Gasteiger partial charge is 0.351 e. The molecule has 0 saturated heterocycles. The number of ether oxygens (including phenoxy) is 2. The van der Waals surface area contributed by atoms with Crippen molar-refractivity contribution in [2.24, 2.45) is 0 Å². The van der Waals surface area contributed by atoms with Gasteiger partial charge in [0.25, 0.3) is 5.91 Å². The zero-order valence-electron chi connectivity index (χ0n) is 13.5. The third kappa shape index (κ3) is 7.25. The number of halogens is 11. The zero-order valence-corrected chi connectivity index (χ0v) is 13.5. The Morgan fingerprint density at radius 2 is 1.30 bits per heavy atom. The highest BCUT2D eigenvalue weighted by atomic mass is 19.4. The van der Waals surface area contributed by atoms with Gasteiger partial charge in [-0.25, -0.2) is 4.74 Å². The fraction of sp³-hybridized carbons (Fsp3) is 0.909. The average Bonchev–Trinajstić information content (AvgIpc) is 2.38. The predicted molar refractivity (Wildman–Crippen MR) is 64.2 cm³/mol. The number of hydrogen-bond acceptors (Lipinski definition) is 4. The number of alkyl halides is 11. The summed E-state index contributed by atoms with van der Waals surface area (Å²) in [6.45, 7) is -0.580. The van der Waals surface area contributed by atoms with E-state index in [1.54, 1.807) is 4.74 Å². The highest BCUT2D eigenvalue weighted by molar-refractivity contribution is 5.84. The van der Waals surface area contributed by atoms with E-state index in [9.17, 15) is 53.1 Å².